The normalized spacial score (nSPS) is 11.3. The summed E-state index contributed by atoms with van der Waals surface area (Å²) in [4.78, 5) is 4.54. The molecule has 23 heavy (non-hydrogen) atoms. The molecule has 0 fully saturated rings. The maximum absolute atomic E-state index is 13.1. The minimum atomic E-state index is -0.221. The standard InChI is InChI=1S/C20H19FN2/c1-15-12-18(14-22-13-17-6-4-3-5-7-17)16(2)23(15)20-10-8-19(21)9-11-20/h3-12,14H,13H2,1-2H3. The molecule has 3 rings (SSSR count). The van der Waals surface area contributed by atoms with Crippen molar-refractivity contribution < 1.29 is 4.39 Å². The van der Waals surface area contributed by atoms with Crippen LogP contribution in [0.2, 0.25) is 0 Å². The van der Waals surface area contributed by atoms with Gasteiger partial charge in [-0.15, -0.1) is 0 Å². The molecular weight excluding hydrogens is 287 g/mol. The third-order valence-corrected chi connectivity index (χ3v) is 3.90. The number of hydrogen-bond acceptors (Lipinski definition) is 1. The summed E-state index contributed by atoms with van der Waals surface area (Å²) in [7, 11) is 0. The quantitative estimate of drug-likeness (QED) is 0.613. The van der Waals surface area contributed by atoms with Gasteiger partial charge >= 0.3 is 0 Å². The van der Waals surface area contributed by atoms with Crippen LogP contribution in [0.3, 0.4) is 0 Å². The van der Waals surface area contributed by atoms with E-state index in [0.717, 1.165) is 22.6 Å². The van der Waals surface area contributed by atoms with Crippen LogP contribution in [0, 0.1) is 19.7 Å². The van der Waals surface area contributed by atoms with Crippen LogP contribution < -0.4 is 0 Å². The fourth-order valence-electron chi connectivity index (χ4n) is 2.74. The molecule has 116 valence electrons. The monoisotopic (exact) mass is 306 g/mol. The molecule has 0 bridgehead atoms. The summed E-state index contributed by atoms with van der Waals surface area (Å²) in [5, 5.41) is 0. The Labute approximate surface area is 135 Å². The summed E-state index contributed by atoms with van der Waals surface area (Å²) >= 11 is 0. The van der Waals surface area contributed by atoms with Crippen LogP contribution in [-0.4, -0.2) is 10.8 Å². The molecule has 0 saturated heterocycles. The molecule has 0 spiro atoms. The molecule has 0 aliphatic carbocycles. The third kappa shape index (κ3) is 3.39. The van der Waals surface area contributed by atoms with E-state index in [9.17, 15) is 4.39 Å². The Bertz CT molecular complexity index is 815. The topological polar surface area (TPSA) is 17.3 Å². The Morgan fingerprint density at radius 3 is 2.39 bits per heavy atom. The summed E-state index contributed by atoms with van der Waals surface area (Å²) in [6.45, 7) is 4.77. The SMILES string of the molecule is Cc1cc(C=NCc2ccccc2)c(C)n1-c1ccc(F)cc1. The van der Waals surface area contributed by atoms with E-state index in [1.54, 1.807) is 12.1 Å². The maximum Gasteiger partial charge on any atom is 0.123 e. The number of benzene rings is 2. The number of aromatic nitrogens is 1. The van der Waals surface area contributed by atoms with Crippen molar-refractivity contribution in [2.24, 2.45) is 4.99 Å². The predicted molar refractivity (Wildman–Crippen MR) is 92.9 cm³/mol. The van der Waals surface area contributed by atoms with Crippen molar-refractivity contribution in [3.05, 3.63) is 89.0 Å². The summed E-state index contributed by atoms with van der Waals surface area (Å²) in [5.74, 6) is -0.221. The minimum Gasteiger partial charge on any atom is -0.318 e. The molecule has 3 aromatic rings. The van der Waals surface area contributed by atoms with Crippen molar-refractivity contribution in [1.29, 1.82) is 0 Å². The van der Waals surface area contributed by atoms with Crippen LogP contribution in [0.4, 0.5) is 4.39 Å². The molecule has 0 saturated carbocycles. The third-order valence-electron chi connectivity index (χ3n) is 3.90. The zero-order valence-electron chi connectivity index (χ0n) is 13.3. The largest absolute Gasteiger partial charge is 0.318 e. The molecule has 0 aliphatic rings. The van der Waals surface area contributed by atoms with Gasteiger partial charge in [0.05, 0.1) is 6.54 Å². The van der Waals surface area contributed by atoms with Crippen LogP contribution in [0.15, 0.2) is 65.7 Å². The van der Waals surface area contributed by atoms with Crippen molar-refractivity contribution in [2.75, 3.05) is 0 Å². The fourth-order valence-corrected chi connectivity index (χ4v) is 2.74. The van der Waals surface area contributed by atoms with Crippen molar-refractivity contribution in [3.8, 4) is 5.69 Å². The molecule has 0 N–H and O–H groups in total. The number of halogens is 1. The van der Waals surface area contributed by atoms with Crippen molar-refractivity contribution >= 4 is 6.21 Å². The smallest absolute Gasteiger partial charge is 0.123 e. The van der Waals surface area contributed by atoms with Crippen LogP contribution in [0.25, 0.3) is 5.69 Å². The van der Waals surface area contributed by atoms with E-state index in [4.69, 9.17) is 0 Å². The highest BCUT2D eigenvalue weighted by Gasteiger charge is 2.09. The highest BCUT2D eigenvalue weighted by molar-refractivity contribution is 5.82. The lowest BCUT2D eigenvalue weighted by molar-refractivity contribution is 0.627. The molecule has 2 nitrogen and oxygen atoms in total. The van der Waals surface area contributed by atoms with Gasteiger partial charge in [0.15, 0.2) is 0 Å². The van der Waals surface area contributed by atoms with Gasteiger partial charge in [-0.1, -0.05) is 30.3 Å². The van der Waals surface area contributed by atoms with Gasteiger partial charge in [0.2, 0.25) is 0 Å². The second-order valence-electron chi connectivity index (χ2n) is 5.59. The zero-order valence-corrected chi connectivity index (χ0v) is 13.3. The minimum absolute atomic E-state index is 0.221. The van der Waals surface area contributed by atoms with Gasteiger partial charge in [-0.25, -0.2) is 4.39 Å². The summed E-state index contributed by atoms with van der Waals surface area (Å²) in [5.41, 5.74) is 5.45. The Hall–Kier alpha value is -2.68. The molecule has 0 amide bonds. The van der Waals surface area contributed by atoms with Gasteiger partial charge in [0.1, 0.15) is 5.82 Å². The van der Waals surface area contributed by atoms with E-state index in [0.29, 0.717) is 6.54 Å². The lowest BCUT2D eigenvalue weighted by Gasteiger charge is -2.09. The number of aliphatic imine (C=N–C) groups is 1. The Balaban J connectivity index is 1.84. The number of aryl methyl sites for hydroxylation is 1. The van der Waals surface area contributed by atoms with E-state index in [-0.39, 0.29) is 5.82 Å². The van der Waals surface area contributed by atoms with Gasteiger partial charge in [-0.3, -0.25) is 4.99 Å². The fraction of sp³-hybridized carbons (Fsp3) is 0.150. The Morgan fingerprint density at radius 1 is 1.00 bits per heavy atom. The average Bonchev–Trinajstić information content (AvgIpc) is 2.84. The molecule has 0 atom stereocenters. The summed E-state index contributed by atoms with van der Waals surface area (Å²) in [6.07, 6.45) is 1.91. The number of hydrogen-bond donors (Lipinski definition) is 0. The van der Waals surface area contributed by atoms with Gasteiger partial charge in [0.25, 0.3) is 0 Å². The average molecular weight is 306 g/mol. The van der Waals surface area contributed by atoms with E-state index in [1.165, 1.54) is 17.7 Å². The Morgan fingerprint density at radius 2 is 1.70 bits per heavy atom. The summed E-state index contributed by atoms with van der Waals surface area (Å²) < 4.78 is 15.2. The first-order valence-corrected chi connectivity index (χ1v) is 7.64. The van der Waals surface area contributed by atoms with E-state index < -0.39 is 0 Å². The summed E-state index contributed by atoms with van der Waals surface area (Å²) in [6, 6.07) is 18.8. The molecule has 3 heteroatoms. The Kier molecular flexibility index (Phi) is 4.38. The van der Waals surface area contributed by atoms with Crippen molar-refractivity contribution in [1.82, 2.24) is 4.57 Å². The molecular formula is C20H19FN2. The van der Waals surface area contributed by atoms with Gasteiger partial charge in [-0.05, 0) is 49.7 Å². The van der Waals surface area contributed by atoms with Crippen molar-refractivity contribution in [2.45, 2.75) is 20.4 Å². The predicted octanol–water partition coefficient (Wildman–Crippen LogP) is 4.85. The van der Waals surface area contributed by atoms with Gasteiger partial charge in [0, 0.05) is 28.9 Å². The lowest BCUT2D eigenvalue weighted by atomic mass is 10.2. The lowest BCUT2D eigenvalue weighted by Crippen LogP contribution is -1.99. The first-order chi connectivity index (χ1) is 11.1. The van der Waals surface area contributed by atoms with Gasteiger partial charge < -0.3 is 4.57 Å². The molecule has 1 heterocycles. The van der Waals surface area contributed by atoms with Crippen molar-refractivity contribution in [3.63, 3.8) is 0 Å². The zero-order chi connectivity index (χ0) is 16.2. The molecule has 1 aromatic heterocycles. The highest BCUT2D eigenvalue weighted by atomic mass is 19.1. The van der Waals surface area contributed by atoms with E-state index in [2.05, 4.69) is 34.7 Å². The van der Waals surface area contributed by atoms with E-state index in [1.807, 2.05) is 31.3 Å². The second kappa shape index (κ2) is 6.61. The second-order valence-corrected chi connectivity index (χ2v) is 5.59. The molecule has 2 aromatic carbocycles. The molecule has 0 unspecified atom stereocenters. The van der Waals surface area contributed by atoms with Gasteiger partial charge in [-0.2, -0.15) is 0 Å². The number of rotatable bonds is 4. The van der Waals surface area contributed by atoms with Crippen LogP contribution >= 0.6 is 0 Å². The number of nitrogens with zero attached hydrogens (tertiary/aromatic N) is 2. The molecule has 0 radical (unpaired) electrons. The highest BCUT2D eigenvalue weighted by Crippen LogP contribution is 2.20. The first-order valence-electron chi connectivity index (χ1n) is 7.64. The molecule has 0 aliphatic heterocycles. The van der Waals surface area contributed by atoms with Crippen LogP contribution in [-0.2, 0) is 6.54 Å². The van der Waals surface area contributed by atoms with Crippen LogP contribution in [0.5, 0.6) is 0 Å². The van der Waals surface area contributed by atoms with Crippen LogP contribution in [0.1, 0.15) is 22.5 Å². The first kappa shape index (κ1) is 15.2. The maximum atomic E-state index is 13.1. The van der Waals surface area contributed by atoms with E-state index >= 15 is 0 Å².